The van der Waals surface area contributed by atoms with E-state index < -0.39 is 10.5 Å². The number of carbonyl (C=O) groups is 1. The van der Waals surface area contributed by atoms with Crippen molar-refractivity contribution in [2.45, 2.75) is 32.4 Å². The summed E-state index contributed by atoms with van der Waals surface area (Å²) in [5.74, 6) is -0.375. The monoisotopic (exact) mass is 329 g/mol. The highest BCUT2D eigenvalue weighted by atomic mass is 79.9. The number of nitrogens with one attached hydrogen (secondary N) is 1. The number of hydrogen-bond donors (Lipinski definition) is 2. The highest BCUT2D eigenvalue weighted by molar-refractivity contribution is 9.10. The average molecular weight is 330 g/mol. The van der Waals surface area contributed by atoms with Gasteiger partial charge < -0.3 is 11.1 Å². The minimum Gasteiger partial charge on any atom is -0.370 e. The van der Waals surface area contributed by atoms with Gasteiger partial charge in [-0.25, -0.2) is 0 Å². The van der Waals surface area contributed by atoms with E-state index in [0.717, 1.165) is 5.56 Å². The summed E-state index contributed by atoms with van der Waals surface area (Å²) in [5, 5.41) is 13.8. The first-order chi connectivity index (χ1) is 8.71. The number of amides is 1. The van der Waals surface area contributed by atoms with Crippen molar-refractivity contribution >= 4 is 27.5 Å². The van der Waals surface area contributed by atoms with Crippen molar-refractivity contribution in [2.75, 3.05) is 0 Å². The largest absolute Gasteiger partial charge is 0.370 e. The smallest absolute Gasteiger partial charge is 0.270 e. The van der Waals surface area contributed by atoms with Crippen LogP contribution in [0.5, 0.6) is 0 Å². The zero-order valence-corrected chi connectivity index (χ0v) is 12.4. The lowest BCUT2D eigenvalue weighted by molar-refractivity contribution is -0.384. The van der Waals surface area contributed by atoms with Crippen LogP contribution in [-0.4, -0.2) is 16.4 Å². The Morgan fingerprint density at radius 2 is 2.16 bits per heavy atom. The summed E-state index contributed by atoms with van der Waals surface area (Å²) < 4.78 is 0.657. The molecular weight excluding hydrogens is 314 g/mol. The van der Waals surface area contributed by atoms with E-state index in [4.69, 9.17) is 5.73 Å². The average Bonchev–Trinajstić information content (AvgIpc) is 2.25. The third kappa shape index (κ3) is 4.96. The number of non-ortho nitro benzene ring substituents is 1. The zero-order valence-electron chi connectivity index (χ0n) is 10.8. The quantitative estimate of drug-likeness (QED) is 0.616. The topological polar surface area (TPSA) is 98.3 Å². The van der Waals surface area contributed by atoms with Crippen molar-refractivity contribution in [3.8, 4) is 0 Å². The maximum absolute atomic E-state index is 10.9. The Labute approximate surface area is 119 Å². The molecule has 0 fully saturated rings. The second-order valence-corrected chi connectivity index (χ2v) is 5.77. The number of rotatable bonds is 6. The molecule has 0 bridgehead atoms. The van der Waals surface area contributed by atoms with E-state index in [9.17, 15) is 14.9 Å². The van der Waals surface area contributed by atoms with Gasteiger partial charge >= 0.3 is 0 Å². The van der Waals surface area contributed by atoms with Crippen molar-refractivity contribution in [1.82, 2.24) is 5.32 Å². The number of nitrogens with two attached hydrogens (primary N) is 1. The maximum Gasteiger partial charge on any atom is 0.270 e. The van der Waals surface area contributed by atoms with Crippen molar-refractivity contribution in [2.24, 2.45) is 5.73 Å². The molecule has 0 saturated heterocycles. The van der Waals surface area contributed by atoms with Crippen LogP contribution in [0, 0.1) is 10.1 Å². The van der Waals surface area contributed by atoms with Gasteiger partial charge in [0.15, 0.2) is 0 Å². The number of hydrogen-bond acceptors (Lipinski definition) is 4. The molecule has 1 aromatic carbocycles. The predicted octanol–water partition coefficient (Wildman–Crippen LogP) is 2.10. The van der Waals surface area contributed by atoms with E-state index in [2.05, 4.69) is 21.2 Å². The minimum atomic E-state index is -0.445. The van der Waals surface area contributed by atoms with Gasteiger partial charge in [-0.05, 0) is 25.5 Å². The molecule has 0 saturated carbocycles. The molecule has 0 unspecified atom stereocenters. The zero-order chi connectivity index (χ0) is 14.6. The van der Waals surface area contributed by atoms with E-state index in [1.165, 1.54) is 12.1 Å². The number of nitrogens with zero attached hydrogens (tertiary/aromatic N) is 1. The molecule has 0 aliphatic carbocycles. The second kappa shape index (κ2) is 6.12. The fourth-order valence-corrected chi connectivity index (χ4v) is 2.13. The Morgan fingerprint density at radius 3 is 2.63 bits per heavy atom. The molecule has 1 amide bonds. The second-order valence-electron chi connectivity index (χ2n) is 4.91. The molecule has 7 heteroatoms. The molecule has 0 aliphatic heterocycles. The summed E-state index contributed by atoms with van der Waals surface area (Å²) in [7, 11) is 0. The molecule has 6 nitrogen and oxygen atoms in total. The van der Waals surface area contributed by atoms with Crippen LogP contribution in [0.25, 0.3) is 0 Å². The van der Waals surface area contributed by atoms with Gasteiger partial charge in [0, 0.05) is 35.1 Å². The Balaban J connectivity index is 2.73. The Hall–Kier alpha value is -1.47. The number of primary amides is 1. The van der Waals surface area contributed by atoms with E-state index >= 15 is 0 Å². The van der Waals surface area contributed by atoms with Crippen molar-refractivity contribution in [1.29, 1.82) is 0 Å². The van der Waals surface area contributed by atoms with Crippen LogP contribution in [0.4, 0.5) is 5.69 Å². The Morgan fingerprint density at radius 1 is 1.53 bits per heavy atom. The number of benzene rings is 1. The van der Waals surface area contributed by atoms with Gasteiger partial charge in [-0.2, -0.15) is 0 Å². The molecule has 0 aromatic heterocycles. The van der Waals surface area contributed by atoms with Gasteiger partial charge in [0.1, 0.15) is 0 Å². The SMILES string of the molecule is CC(C)(CC(N)=O)NCc1ccc([N+](=O)[O-])cc1Br. The molecule has 3 N–H and O–H groups in total. The fraction of sp³-hybridized carbons (Fsp3) is 0.417. The van der Waals surface area contributed by atoms with Gasteiger partial charge in [-0.1, -0.05) is 15.9 Å². The van der Waals surface area contributed by atoms with Crippen LogP contribution >= 0.6 is 15.9 Å². The van der Waals surface area contributed by atoms with Gasteiger partial charge in [0.2, 0.25) is 5.91 Å². The fourth-order valence-electron chi connectivity index (χ4n) is 1.63. The van der Waals surface area contributed by atoms with Crippen LogP contribution < -0.4 is 11.1 Å². The van der Waals surface area contributed by atoms with Crippen LogP contribution in [0.3, 0.4) is 0 Å². The van der Waals surface area contributed by atoms with Gasteiger partial charge in [0.05, 0.1) is 4.92 Å². The first kappa shape index (κ1) is 15.6. The summed E-state index contributed by atoms with van der Waals surface area (Å²) in [6.07, 6.45) is 0.220. The van der Waals surface area contributed by atoms with Gasteiger partial charge in [-0.15, -0.1) is 0 Å². The molecule has 0 spiro atoms. The van der Waals surface area contributed by atoms with Crippen LogP contribution in [0.2, 0.25) is 0 Å². The highest BCUT2D eigenvalue weighted by Gasteiger charge is 2.20. The molecule has 19 heavy (non-hydrogen) atoms. The van der Waals surface area contributed by atoms with E-state index in [1.54, 1.807) is 6.07 Å². The van der Waals surface area contributed by atoms with Gasteiger partial charge in [-0.3, -0.25) is 14.9 Å². The number of nitro benzene ring substituents is 1. The number of halogens is 1. The van der Waals surface area contributed by atoms with Crippen molar-refractivity contribution < 1.29 is 9.72 Å². The van der Waals surface area contributed by atoms with Crippen molar-refractivity contribution in [3.05, 3.63) is 38.3 Å². The summed E-state index contributed by atoms with van der Waals surface area (Å²) in [5.41, 5.74) is 5.66. The van der Waals surface area contributed by atoms with Crippen molar-refractivity contribution in [3.63, 3.8) is 0 Å². The lowest BCUT2D eigenvalue weighted by Crippen LogP contribution is -2.42. The van der Waals surface area contributed by atoms with Crippen LogP contribution in [-0.2, 0) is 11.3 Å². The lowest BCUT2D eigenvalue weighted by atomic mass is 10.00. The lowest BCUT2D eigenvalue weighted by Gasteiger charge is -2.25. The first-order valence-electron chi connectivity index (χ1n) is 5.67. The molecular formula is C12H16BrN3O3. The number of carbonyl (C=O) groups excluding carboxylic acids is 1. The molecule has 0 atom stereocenters. The Kier molecular flexibility index (Phi) is 5.02. The molecule has 0 heterocycles. The number of nitro groups is 1. The normalized spacial score (nSPS) is 11.3. The third-order valence-corrected chi connectivity index (χ3v) is 3.36. The van der Waals surface area contributed by atoms with Crippen LogP contribution in [0.15, 0.2) is 22.7 Å². The molecule has 1 rings (SSSR count). The van der Waals surface area contributed by atoms with E-state index in [-0.39, 0.29) is 18.0 Å². The van der Waals surface area contributed by atoms with Crippen LogP contribution in [0.1, 0.15) is 25.8 Å². The maximum atomic E-state index is 10.9. The molecule has 0 aliphatic rings. The van der Waals surface area contributed by atoms with E-state index in [0.29, 0.717) is 11.0 Å². The van der Waals surface area contributed by atoms with E-state index in [1.807, 2.05) is 13.8 Å². The predicted molar refractivity (Wildman–Crippen MR) is 75.5 cm³/mol. The first-order valence-corrected chi connectivity index (χ1v) is 6.47. The summed E-state index contributed by atoms with van der Waals surface area (Å²) in [6.45, 7) is 4.23. The molecule has 0 radical (unpaired) electrons. The summed E-state index contributed by atoms with van der Waals surface area (Å²) in [6, 6.07) is 4.58. The van der Waals surface area contributed by atoms with Gasteiger partial charge in [0.25, 0.3) is 5.69 Å². The minimum absolute atomic E-state index is 0.0343. The summed E-state index contributed by atoms with van der Waals surface area (Å²) in [4.78, 5) is 21.1. The summed E-state index contributed by atoms with van der Waals surface area (Å²) >= 11 is 3.30. The standard InChI is InChI=1S/C12H16BrN3O3/c1-12(2,6-11(14)17)15-7-8-3-4-9(16(18)19)5-10(8)13/h3-5,15H,6-7H2,1-2H3,(H2,14,17). The molecule has 1 aromatic rings. The Bertz CT molecular complexity index is 503. The molecule has 104 valence electrons. The third-order valence-electron chi connectivity index (χ3n) is 2.62. The highest BCUT2D eigenvalue weighted by Crippen LogP contribution is 2.23.